The van der Waals surface area contributed by atoms with Gasteiger partial charge in [0.15, 0.2) is 6.29 Å². The zero-order valence-corrected chi connectivity index (χ0v) is 38.2. The van der Waals surface area contributed by atoms with Gasteiger partial charge in [-0.2, -0.15) is 0 Å². The standard InChI is InChI=1S/C54H56ClNO10/c1-54(2,3)66-53(58)56-30-41(29-55)48-43-27-17-16-26-42(43)45(28-44(48)56)64-47(57)36-63-52-51(62-34-40-24-14-7-15-25-40)50(61-33-39-22-12-6-13-23-39)49(60-32-38-20-10-5-11-21-38)46(65-52)35-59-31-37-18-8-4-9-19-37/h4-28,41,46,49-52H,29-36H2,1-3H3/t41?,46?,49-,50?,51-,52+/m0/s1. The Labute approximate surface area is 391 Å². The molecule has 8 rings (SSSR count). The van der Waals surface area contributed by atoms with Gasteiger partial charge in [0.05, 0.1) is 38.7 Å². The number of anilines is 1. The normalized spacial score (nSPS) is 20.5. The third-order valence-corrected chi connectivity index (χ3v) is 11.7. The lowest BCUT2D eigenvalue weighted by Crippen LogP contribution is -2.62. The van der Waals surface area contributed by atoms with Gasteiger partial charge in [-0.3, -0.25) is 4.90 Å². The zero-order valence-electron chi connectivity index (χ0n) is 37.5. The molecular weight excluding hydrogens is 858 g/mol. The molecule has 0 N–H and O–H groups in total. The Balaban J connectivity index is 1.09. The van der Waals surface area contributed by atoms with Crippen molar-refractivity contribution >= 4 is 40.1 Å². The second kappa shape index (κ2) is 22.2. The van der Waals surface area contributed by atoms with Crippen molar-refractivity contribution in [2.24, 2.45) is 0 Å². The fourth-order valence-corrected chi connectivity index (χ4v) is 8.55. The number of carbonyl (C=O) groups is 2. The molecule has 12 heteroatoms. The minimum absolute atomic E-state index is 0.119. The number of ether oxygens (including phenoxy) is 8. The highest BCUT2D eigenvalue weighted by Gasteiger charge is 2.49. The van der Waals surface area contributed by atoms with Gasteiger partial charge in [0.25, 0.3) is 0 Å². The number of nitrogens with zero attached hydrogens (tertiary/aromatic N) is 1. The van der Waals surface area contributed by atoms with Crippen LogP contribution in [0, 0.1) is 0 Å². The van der Waals surface area contributed by atoms with Gasteiger partial charge in [-0.05, 0) is 54.0 Å². The Morgan fingerprint density at radius 1 is 0.636 bits per heavy atom. The van der Waals surface area contributed by atoms with Crippen molar-refractivity contribution < 1.29 is 47.5 Å². The first-order valence-electron chi connectivity index (χ1n) is 22.3. The number of alkyl halides is 1. The van der Waals surface area contributed by atoms with Crippen molar-refractivity contribution in [3.05, 3.63) is 179 Å². The Morgan fingerprint density at radius 3 is 1.68 bits per heavy atom. The van der Waals surface area contributed by atoms with Crippen LogP contribution >= 0.6 is 11.6 Å². The quantitative estimate of drug-likeness (QED) is 0.0469. The summed E-state index contributed by atoms with van der Waals surface area (Å²) in [4.78, 5) is 29.2. The molecule has 6 atom stereocenters. The summed E-state index contributed by atoms with van der Waals surface area (Å²) in [5.74, 6) is -0.313. The monoisotopic (exact) mass is 913 g/mol. The average molecular weight is 914 g/mol. The first-order valence-corrected chi connectivity index (χ1v) is 22.8. The molecule has 1 amide bonds. The molecule has 0 bridgehead atoms. The van der Waals surface area contributed by atoms with E-state index in [4.69, 9.17) is 49.5 Å². The summed E-state index contributed by atoms with van der Waals surface area (Å²) in [7, 11) is 0. The first kappa shape index (κ1) is 46.9. The number of hydrogen-bond donors (Lipinski definition) is 0. The topological polar surface area (TPSA) is 111 Å². The lowest BCUT2D eigenvalue weighted by atomic mass is 9.95. The van der Waals surface area contributed by atoms with Gasteiger partial charge in [-0.1, -0.05) is 146 Å². The zero-order chi connectivity index (χ0) is 45.9. The number of rotatable bonds is 18. The molecule has 344 valence electrons. The predicted molar refractivity (Wildman–Crippen MR) is 252 cm³/mol. The van der Waals surface area contributed by atoms with E-state index in [0.717, 1.165) is 33.2 Å². The van der Waals surface area contributed by atoms with E-state index in [2.05, 4.69) is 0 Å². The largest absolute Gasteiger partial charge is 0.443 e. The van der Waals surface area contributed by atoms with Crippen LogP contribution < -0.4 is 9.64 Å². The molecule has 1 fully saturated rings. The van der Waals surface area contributed by atoms with E-state index in [0.29, 0.717) is 24.2 Å². The SMILES string of the molecule is CC(C)(C)OC(=O)N1CC(CCl)c2c1cc(OC(=O)CO[C@@H]1OC(COCc3ccccc3)[C@H](OCc3ccccc3)C(OCc3ccccc3)[C@@H]1OCc1ccccc1)c1ccccc21. The van der Waals surface area contributed by atoms with Crippen molar-refractivity contribution in [2.75, 3.05) is 30.5 Å². The maximum absolute atomic E-state index is 14.1. The summed E-state index contributed by atoms with van der Waals surface area (Å²) in [6, 6.07) is 48.7. The number of benzene rings is 6. The lowest BCUT2D eigenvalue weighted by Gasteiger charge is -2.45. The molecule has 0 saturated carbocycles. The predicted octanol–water partition coefficient (Wildman–Crippen LogP) is 10.5. The van der Waals surface area contributed by atoms with Crippen LogP contribution in [0.2, 0.25) is 0 Å². The Kier molecular flexibility index (Phi) is 15.8. The summed E-state index contributed by atoms with van der Waals surface area (Å²) >= 11 is 6.50. The second-order valence-corrected chi connectivity index (χ2v) is 17.7. The van der Waals surface area contributed by atoms with Crippen molar-refractivity contribution in [1.82, 2.24) is 0 Å². The minimum Gasteiger partial charge on any atom is -0.443 e. The Bertz CT molecular complexity index is 2490. The summed E-state index contributed by atoms with van der Waals surface area (Å²) < 4.78 is 51.8. The number of esters is 1. The molecule has 2 aliphatic rings. The van der Waals surface area contributed by atoms with Crippen LogP contribution in [0.3, 0.4) is 0 Å². The van der Waals surface area contributed by atoms with E-state index in [-0.39, 0.29) is 44.0 Å². The van der Waals surface area contributed by atoms with E-state index >= 15 is 0 Å². The van der Waals surface area contributed by atoms with Crippen molar-refractivity contribution in [2.45, 2.75) is 89.4 Å². The van der Waals surface area contributed by atoms with Gasteiger partial charge < -0.3 is 37.9 Å². The van der Waals surface area contributed by atoms with Crippen LogP contribution in [0.25, 0.3) is 10.8 Å². The van der Waals surface area contributed by atoms with E-state index in [1.165, 1.54) is 0 Å². The maximum Gasteiger partial charge on any atom is 0.414 e. The van der Waals surface area contributed by atoms with Crippen LogP contribution in [-0.2, 0) is 64.4 Å². The highest BCUT2D eigenvalue weighted by molar-refractivity contribution is 6.19. The molecule has 3 unspecified atom stereocenters. The van der Waals surface area contributed by atoms with Crippen LogP contribution in [0.4, 0.5) is 10.5 Å². The van der Waals surface area contributed by atoms with Crippen LogP contribution in [0.5, 0.6) is 5.75 Å². The van der Waals surface area contributed by atoms with Crippen LogP contribution in [0.15, 0.2) is 152 Å². The number of carbonyl (C=O) groups excluding carboxylic acids is 2. The van der Waals surface area contributed by atoms with Crippen molar-refractivity contribution in [3.8, 4) is 5.75 Å². The molecule has 1 saturated heterocycles. The number of halogens is 1. The Morgan fingerprint density at radius 2 is 1.14 bits per heavy atom. The van der Waals surface area contributed by atoms with Gasteiger partial charge in [-0.25, -0.2) is 9.59 Å². The number of hydrogen-bond acceptors (Lipinski definition) is 10. The molecular formula is C54H56ClNO10. The van der Waals surface area contributed by atoms with Crippen molar-refractivity contribution in [1.29, 1.82) is 0 Å². The molecule has 11 nitrogen and oxygen atoms in total. The molecule has 6 aromatic carbocycles. The van der Waals surface area contributed by atoms with Gasteiger partial charge in [0.1, 0.15) is 42.4 Å². The molecule has 2 aliphatic heterocycles. The molecule has 66 heavy (non-hydrogen) atoms. The van der Waals surface area contributed by atoms with Gasteiger partial charge in [0.2, 0.25) is 0 Å². The number of fused-ring (bicyclic) bond motifs is 3. The van der Waals surface area contributed by atoms with E-state index < -0.39 is 55.0 Å². The molecule has 0 spiro atoms. The van der Waals surface area contributed by atoms with Crippen LogP contribution in [0.1, 0.15) is 54.5 Å². The second-order valence-electron chi connectivity index (χ2n) is 17.4. The molecule has 2 heterocycles. The summed E-state index contributed by atoms with van der Waals surface area (Å²) in [6.45, 7) is 6.42. The van der Waals surface area contributed by atoms with Gasteiger partial charge in [-0.15, -0.1) is 11.6 Å². The molecule has 6 aromatic rings. The third kappa shape index (κ3) is 12.0. The van der Waals surface area contributed by atoms with Gasteiger partial charge in [0, 0.05) is 29.8 Å². The Hall–Kier alpha value is -5.63. The third-order valence-electron chi connectivity index (χ3n) is 11.4. The maximum atomic E-state index is 14.1. The summed E-state index contributed by atoms with van der Waals surface area (Å²) in [5, 5.41) is 1.51. The smallest absolute Gasteiger partial charge is 0.414 e. The fourth-order valence-electron chi connectivity index (χ4n) is 8.30. The van der Waals surface area contributed by atoms with Crippen molar-refractivity contribution in [3.63, 3.8) is 0 Å². The highest BCUT2D eigenvalue weighted by Crippen LogP contribution is 2.46. The van der Waals surface area contributed by atoms with E-state index in [9.17, 15) is 9.59 Å². The fraction of sp³-hybridized carbons (Fsp3) is 0.333. The molecule has 0 aromatic heterocycles. The van der Waals surface area contributed by atoms with E-state index in [1.54, 1.807) is 11.0 Å². The summed E-state index contributed by atoms with van der Waals surface area (Å²) in [6.07, 6.45) is -4.70. The molecule has 0 aliphatic carbocycles. The summed E-state index contributed by atoms with van der Waals surface area (Å²) in [5.41, 5.74) is 4.58. The van der Waals surface area contributed by atoms with Crippen LogP contribution in [-0.4, -0.2) is 74.0 Å². The van der Waals surface area contributed by atoms with E-state index in [1.807, 2.05) is 166 Å². The lowest BCUT2D eigenvalue weighted by molar-refractivity contribution is -0.327. The number of amides is 1. The highest BCUT2D eigenvalue weighted by atomic mass is 35.5. The molecule has 0 radical (unpaired) electrons. The minimum atomic E-state index is -1.13. The first-order chi connectivity index (χ1) is 32.1. The van der Waals surface area contributed by atoms with Gasteiger partial charge >= 0.3 is 12.1 Å². The average Bonchev–Trinajstić information content (AvgIpc) is 3.72.